The second-order valence-corrected chi connectivity index (χ2v) is 3.11. The molecule has 0 atom stereocenters. The van der Waals surface area contributed by atoms with E-state index >= 15 is 0 Å². The molecule has 0 saturated heterocycles. The number of ether oxygens (including phenoxy) is 2. The van der Waals surface area contributed by atoms with E-state index in [0.717, 1.165) is 0 Å². The molecule has 1 aromatic heterocycles. The molecule has 0 radical (unpaired) electrons. The van der Waals surface area contributed by atoms with E-state index in [1.807, 2.05) is 13.8 Å². The molecule has 1 N–H and O–H groups in total. The summed E-state index contributed by atoms with van der Waals surface area (Å²) in [6, 6.07) is 0.101. The summed E-state index contributed by atoms with van der Waals surface area (Å²) in [6.07, 6.45) is 0. The Bertz CT molecular complexity index is 326. The van der Waals surface area contributed by atoms with Gasteiger partial charge in [0.2, 0.25) is 11.8 Å². The number of aromatic nitrogens is 2. The Balaban J connectivity index is 3.27. The molecular weight excluding hydrogens is 184 g/mol. The topological polar surface area (TPSA) is 64.5 Å². The molecule has 0 aliphatic heterocycles. The predicted molar refractivity (Wildman–Crippen MR) is 50.9 cm³/mol. The fraction of sp³-hybridized carbons (Fsp3) is 0.556. The predicted octanol–water partition coefficient (Wildman–Crippen LogP) is 1.32. The monoisotopic (exact) mass is 198 g/mol. The van der Waals surface area contributed by atoms with Crippen molar-refractivity contribution < 1.29 is 14.6 Å². The summed E-state index contributed by atoms with van der Waals surface area (Å²) in [5.74, 6) is 0.351. The molecule has 0 bridgehead atoms. The molecule has 0 aromatic carbocycles. The van der Waals surface area contributed by atoms with Crippen LogP contribution in [0, 0.1) is 0 Å². The zero-order chi connectivity index (χ0) is 10.7. The highest BCUT2D eigenvalue weighted by atomic mass is 16.5. The Morgan fingerprint density at radius 1 is 1.14 bits per heavy atom. The van der Waals surface area contributed by atoms with E-state index in [1.165, 1.54) is 14.2 Å². The number of nitrogens with zero attached hydrogens (tertiary/aromatic N) is 2. The minimum absolute atomic E-state index is 0.0934. The zero-order valence-electron chi connectivity index (χ0n) is 8.74. The smallest absolute Gasteiger partial charge is 0.322 e. The van der Waals surface area contributed by atoms with Gasteiger partial charge in [-0.15, -0.1) is 0 Å². The van der Waals surface area contributed by atoms with E-state index in [1.54, 1.807) is 0 Å². The van der Waals surface area contributed by atoms with E-state index in [2.05, 4.69) is 9.97 Å². The minimum atomic E-state index is -0.0938. The lowest BCUT2D eigenvalue weighted by Gasteiger charge is -2.12. The van der Waals surface area contributed by atoms with Gasteiger partial charge in [-0.05, 0) is 5.92 Å². The van der Waals surface area contributed by atoms with Crippen molar-refractivity contribution in [2.24, 2.45) is 0 Å². The van der Waals surface area contributed by atoms with Crippen molar-refractivity contribution in [1.82, 2.24) is 9.97 Å². The van der Waals surface area contributed by atoms with Gasteiger partial charge in [0.1, 0.15) is 0 Å². The molecule has 0 spiro atoms. The van der Waals surface area contributed by atoms with Gasteiger partial charge in [-0.25, -0.2) is 0 Å². The first-order valence-corrected chi connectivity index (χ1v) is 4.29. The van der Waals surface area contributed by atoms with Crippen LogP contribution in [0.1, 0.15) is 25.3 Å². The molecule has 0 amide bonds. The van der Waals surface area contributed by atoms with Gasteiger partial charge >= 0.3 is 6.01 Å². The van der Waals surface area contributed by atoms with Crippen molar-refractivity contribution in [3.63, 3.8) is 0 Å². The van der Waals surface area contributed by atoms with E-state index < -0.39 is 0 Å². The lowest BCUT2D eigenvalue weighted by atomic mass is 10.1. The average Bonchev–Trinajstić information content (AvgIpc) is 2.15. The van der Waals surface area contributed by atoms with Crippen molar-refractivity contribution in [2.45, 2.75) is 19.8 Å². The third kappa shape index (κ3) is 1.86. The highest BCUT2D eigenvalue weighted by Crippen LogP contribution is 2.32. The molecule has 14 heavy (non-hydrogen) atoms. The van der Waals surface area contributed by atoms with Crippen molar-refractivity contribution in [2.75, 3.05) is 14.2 Å². The minimum Gasteiger partial charge on any atom is -0.493 e. The summed E-state index contributed by atoms with van der Waals surface area (Å²) in [4.78, 5) is 7.74. The molecule has 5 nitrogen and oxygen atoms in total. The largest absolute Gasteiger partial charge is 0.493 e. The van der Waals surface area contributed by atoms with E-state index in [9.17, 15) is 5.11 Å². The van der Waals surface area contributed by atoms with Crippen LogP contribution in [-0.4, -0.2) is 29.3 Å². The van der Waals surface area contributed by atoms with Gasteiger partial charge in [-0.2, -0.15) is 9.97 Å². The fourth-order valence-corrected chi connectivity index (χ4v) is 1.17. The van der Waals surface area contributed by atoms with E-state index in [4.69, 9.17) is 9.47 Å². The maximum Gasteiger partial charge on any atom is 0.322 e. The van der Waals surface area contributed by atoms with Crippen LogP contribution < -0.4 is 9.47 Å². The molecule has 0 aliphatic carbocycles. The summed E-state index contributed by atoms with van der Waals surface area (Å²) in [5.41, 5.74) is 0.591. The number of rotatable bonds is 3. The van der Waals surface area contributed by atoms with Crippen LogP contribution >= 0.6 is 0 Å². The Hall–Kier alpha value is -1.52. The summed E-state index contributed by atoms with van der Waals surface area (Å²) in [7, 11) is 2.93. The molecule has 1 aromatic rings. The molecule has 0 aliphatic rings. The average molecular weight is 198 g/mol. The van der Waals surface area contributed by atoms with Gasteiger partial charge in [0.25, 0.3) is 0 Å². The second kappa shape index (κ2) is 4.13. The molecule has 1 heterocycles. The second-order valence-electron chi connectivity index (χ2n) is 3.11. The Morgan fingerprint density at radius 3 is 2.21 bits per heavy atom. The van der Waals surface area contributed by atoms with Crippen LogP contribution in [-0.2, 0) is 0 Å². The summed E-state index contributed by atoms with van der Waals surface area (Å²) in [6.45, 7) is 3.85. The van der Waals surface area contributed by atoms with Gasteiger partial charge < -0.3 is 14.6 Å². The van der Waals surface area contributed by atoms with Crippen LogP contribution in [0.4, 0.5) is 0 Å². The SMILES string of the molecule is COc1nc(O)c(C(C)C)c(OC)n1. The van der Waals surface area contributed by atoms with Gasteiger partial charge in [0.15, 0.2) is 0 Å². The number of hydrogen-bond acceptors (Lipinski definition) is 5. The number of aromatic hydroxyl groups is 1. The van der Waals surface area contributed by atoms with E-state index in [-0.39, 0.29) is 17.8 Å². The molecule has 78 valence electrons. The van der Waals surface area contributed by atoms with Crippen molar-refractivity contribution in [3.05, 3.63) is 5.56 Å². The quantitative estimate of drug-likeness (QED) is 0.793. The Labute approximate surface area is 82.7 Å². The summed E-state index contributed by atoms with van der Waals surface area (Å²) < 4.78 is 9.85. The zero-order valence-corrected chi connectivity index (χ0v) is 8.74. The first-order chi connectivity index (χ1) is 6.60. The van der Waals surface area contributed by atoms with E-state index in [0.29, 0.717) is 11.4 Å². The summed E-state index contributed by atoms with van der Waals surface area (Å²) in [5, 5.41) is 9.59. The lowest BCUT2D eigenvalue weighted by molar-refractivity contribution is 0.330. The standard InChI is InChI=1S/C9H14N2O3/c1-5(2)6-7(12)10-9(14-4)11-8(6)13-3/h5H,1-4H3,(H,10,11,12). The normalized spacial score (nSPS) is 10.4. The van der Waals surface area contributed by atoms with Crippen LogP contribution in [0.2, 0.25) is 0 Å². The van der Waals surface area contributed by atoms with Gasteiger partial charge in [0.05, 0.1) is 19.8 Å². The highest BCUT2D eigenvalue weighted by molar-refractivity contribution is 5.38. The van der Waals surface area contributed by atoms with Gasteiger partial charge in [-0.1, -0.05) is 13.8 Å². The van der Waals surface area contributed by atoms with Gasteiger partial charge in [-0.3, -0.25) is 0 Å². The molecular formula is C9H14N2O3. The fourth-order valence-electron chi connectivity index (χ4n) is 1.17. The lowest BCUT2D eigenvalue weighted by Crippen LogP contribution is -2.02. The first-order valence-electron chi connectivity index (χ1n) is 4.29. The maximum absolute atomic E-state index is 9.59. The molecule has 0 saturated carbocycles. The maximum atomic E-state index is 9.59. The third-order valence-electron chi connectivity index (χ3n) is 1.82. The molecule has 0 fully saturated rings. The molecule has 0 unspecified atom stereocenters. The third-order valence-corrected chi connectivity index (χ3v) is 1.82. The van der Waals surface area contributed by atoms with Crippen LogP contribution in [0.3, 0.4) is 0 Å². The Kier molecular flexibility index (Phi) is 3.11. The van der Waals surface area contributed by atoms with Crippen LogP contribution in [0.15, 0.2) is 0 Å². The highest BCUT2D eigenvalue weighted by Gasteiger charge is 2.17. The van der Waals surface area contributed by atoms with Crippen molar-refractivity contribution in [1.29, 1.82) is 0 Å². The molecule has 1 rings (SSSR count). The van der Waals surface area contributed by atoms with Crippen LogP contribution in [0.25, 0.3) is 0 Å². The van der Waals surface area contributed by atoms with Crippen molar-refractivity contribution >= 4 is 0 Å². The molecule has 5 heteroatoms. The van der Waals surface area contributed by atoms with Crippen LogP contribution in [0.5, 0.6) is 17.8 Å². The number of hydrogen-bond donors (Lipinski definition) is 1. The first kappa shape index (κ1) is 10.6. The van der Waals surface area contributed by atoms with Gasteiger partial charge in [0, 0.05) is 0 Å². The van der Waals surface area contributed by atoms with Crippen molar-refractivity contribution in [3.8, 4) is 17.8 Å². The number of methoxy groups -OCH3 is 2. The summed E-state index contributed by atoms with van der Waals surface area (Å²) >= 11 is 0. The Morgan fingerprint density at radius 2 is 1.79 bits per heavy atom.